The van der Waals surface area contributed by atoms with Gasteiger partial charge >= 0.3 is 5.97 Å². The van der Waals surface area contributed by atoms with Crippen molar-refractivity contribution < 1.29 is 9.53 Å². The molecule has 0 saturated carbocycles. The molecule has 0 radical (unpaired) electrons. The molecule has 2 heteroatoms. The van der Waals surface area contributed by atoms with Gasteiger partial charge in [-0.05, 0) is 37.5 Å². The molecule has 0 bridgehead atoms. The van der Waals surface area contributed by atoms with Gasteiger partial charge in [0.25, 0.3) is 0 Å². The zero-order valence-corrected chi connectivity index (χ0v) is 15.9. The van der Waals surface area contributed by atoms with Crippen LogP contribution in [0.5, 0.6) is 0 Å². The minimum absolute atomic E-state index is 0.0111. The predicted octanol–water partition coefficient (Wildman–Crippen LogP) is 5.99. The Morgan fingerprint density at radius 2 is 1.52 bits per heavy atom. The van der Waals surface area contributed by atoms with E-state index in [0.717, 1.165) is 19.3 Å². The third-order valence-electron chi connectivity index (χ3n) is 6.47. The molecule has 126 valence electrons. The lowest BCUT2D eigenvalue weighted by Gasteiger charge is -2.45. The van der Waals surface area contributed by atoms with Crippen LogP contribution in [0.3, 0.4) is 0 Å². The van der Waals surface area contributed by atoms with Gasteiger partial charge in [-0.3, -0.25) is 4.79 Å². The van der Waals surface area contributed by atoms with Crippen LogP contribution in [0.15, 0.2) is 0 Å². The van der Waals surface area contributed by atoms with E-state index in [1.54, 1.807) is 0 Å². The summed E-state index contributed by atoms with van der Waals surface area (Å²) in [5.74, 6) is 0.523. The molecule has 0 rings (SSSR count). The van der Waals surface area contributed by atoms with Crippen LogP contribution in [0.1, 0.15) is 94.4 Å². The molecular formula is C19H38O2. The molecule has 21 heavy (non-hydrogen) atoms. The summed E-state index contributed by atoms with van der Waals surface area (Å²) in [4.78, 5) is 11.6. The Labute approximate surface area is 133 Å². The maximum Gasteiger partial charge on any atom is 0.303 e. The van der Waals surface area contributed by atoms with Gasteiger partial charge in [-0.1, -0.05) is 61.3 Å². The van der Waals surface area contributed by atoms with Gasteiger partial charge in [0, 0.05) is 12.3 Å². The second-order valence-corrected chi connectivity index (χ2v) is 7.88. The highest BCUT2D eigenvalue weighted by Crippen LogP contribution is 2.45. The van der Waals surface area contributed by atoms with E-state index in [9.17, 15) is 4.79 Å². The van der Waals surface area contributed by atoms with Gasteiger partial charge in [0.05, 0.1) is 0 Å². The van der Waals surface area contributed by atoms with Crippen molar-refractivity contribution in [1.29, 1.82) is 0 Å². The number of carbonyl (C=O) groups excluding carboxylic acids is 1. The van der Waals surface area contributed by atoms with E-state index in [4.69, 9.17) is 4.74 Å². The summed E-state index contributed by atoms with van der Waals surface area (Å²) < 4.78 is 5.81. The number of carbonyl (C=O) groups is 1. The summed E-state index contributed by atoms with van der Waals surface area (Å²) in [5, 5.41) is 0. The first-order valence-electron chi connectivity index (χ1n) is 8.67. The van der Waals surface area contributed by atoms with E-state index >= 15 is 0 Å². The third kappa shape index (κ3) is 5.00. The molecule has 0 fully saturated rings. The molecule has 0 aliphatic heterocycles. The Bertz CT molecular complexity index is 334. The zero-order valence-electron chi connectivity index (χ0n) is 15.9. The molecule has 0 aliphatic rings. The summed E-state index contributed by atoms with van der Waals surface area (Å²) in [6.07, 6.45) is 5.41. The average molecular weight is 299 g/mol. The van der Waals surface area contributed by atoms with Gasteiger partial charge in [-0.15, -0.1) is 0 Å². The smallest absolute Gasteiger partial charge is 0.303 e. The Balaban J connectivity index is 5.20. The summed E-state index contributed by atoms with van der Waals surface area (Å²) >= 11 is 0. The van der Waals surface area contributed by atoms with Crippen molar-refractivity contribution in [3.8, 4) is 0 Å². The van der Waals surface area contributed by atoms with Gasteiger partial charge < -0.3 is 4.74 Å². The first kappa shape index (κ1) is 20.5. The van der Waals surface area contributed by atoms with Crippen LogP contribution in [0.25, 0.3) is 0 Å². The van der Waals surface area contributed by atoms with E-state index < -0.39 is 5.60 Å². The van der Waals surface area contributed by atoms with Crippen molar-refractivity contribution in [2.45, 2.75) is 100 Å². The SMILES string of the molecule is CC[C@@H](C)[C@@](C)(CC)CC[C@@](C)(OC(C)=O)C(C)(C)CC. The molecule has 3 atom stereocenters. The molecule has 2 nitrogen and oxygen atoms in total. The molecule has 0 unspecified atom stereocenters. The van der Waals surface area contributed by atoms with Crippen LogP contribution in [0.2, 0.25) is 0 Å². The zero-order chi connectivity index (χ0) is 16.9. The van der Waals surface area contributed by atoms with Crippen LogP contribution in [0, 0.1) is 16.7 Å². The highest BCUT2D eigenvalue weighted by atomic mass is 16.6. The van der Waals surface area contributed by atoms with Crippen LogP contribution < -0.4 is 0 Å². The second kappa shape index (κ2) is 7.65. The van der Waals surface area contributed by atoms with E-state index in [-0.39, 0.29) is 11.4 Å². The van der Waals surface area contributed by atoms with Crippen molar-refractivity contribution in [2.24, 2.45) is 16.7 Å². The van der Waals surface area contributed by atoms with Crippen LogP contribution >= 0.6 is 0 Å². The van der Waals surface area contributed by atoms with E-state index in [1.165, 1.54) is 19.8 Å². The lowest BCUT2D eigenvalue weighted by Crippen LogP contribution is -2.46. The monoisotopic (exact) mass is 298 g/mol. The first-order chi connectivity index (χ1) is 9.48. The fraction of sp³-hybridized carbons (Fsp3) is 0.947. The average Bonchev–Trinajstić information content (AvgIpc) is 2.42. The van der Waals surface area contributed by atoms with Crippen LogP contribution in [0.4, 0.5) is 0 Å². The number of ether oxygens (including phenoxy) is 1. The van der Waals surface area contributed by atoms with Crippen LogP contribution in [-0.4, -0.2) is 11.6 Å². The summed E-state index contributed by atoms with van der Waals surface area (Å²) in [5.41, 5.74) is -0.0831. The molecule has 0 aliphatic carbocycles. The highest BCUT2D eigenvalue weighted by Gasteiger charge is 2.44. The Morgan fingerprint density at radius 3 is 1.86 bits per heavy atom. The van der Waals surface area contributed by atoms with Gasteiger partial charge in [-0.2, -0.15) is 0 Å². The Hall–Kier alpha value is -0.530. The van der Waals surface area contributed by atoms with E-state index in [1.807, 2.05) is 0 Å². The Kier molecular flexibility index (Phi) is 7.45. The van der Waals surface area contributed by atoms with Gasteiger partial charge in [0.2, 0.25) is 0 Å². The topological polar surface area (TPSA) is 26.3 Å². The van der Waals surface area contributed by atoms with Crippen molar-refractivity contribution in [3.63, 3.8) is 0 Å². The minimum atomic E-state index is -0.391. The van der Waals surface area contributed by atoms with Gasteiger partial charge in [0.1, 0.15) is 5.60 Å². The normalized spacial score (nSPS) is 19.5. The third-order valence-corrected chi connectivity index (χ3v) is 6.47. The maximum atomic E-state index is 11.6. The molecule has 0 saturated heterocycles. The molecule has 0 aromatic heterocycles. The number of hydrogen-bond acceptors (Lipinski definition) is 2. The highest BCUT2D eigenvalue weighted by molar-refractivity contribution is 5.66. The lowest BCUT2D eigenvalue weighted by molar-refractivity contribution is -0.172. The lowest BCUT2D eigenvalue weighted by atomic mass is 9.65. The van der Waals surface area contributed by atoms with E-state index in [0.29, 0.717) is 11.3 Å². The molecule has 0 amide bonds. The van der Waals surface area contributed by atoms with Crippen LogP contribution in [-0.2, 0) is 9.53 Å². The number of rotatable bonds is 9. The molecule has 0 heterocycles. The summed E-state index contributed by atoms with van der Waals surface area (Å²) in [7, 11) is 0. The summed E-state index contributed by atoms with van der Waals surface area (Å²) in [6.45, 7) is 19.5. The maximum absolute atomic E-state index is 11.6. The standard InChI is InChI=1S/C19H38O2/c1-10-15(4)18(8,12-3)13-14-19(9,21-16(5)20)17(6,7)11-2/h15H,10-14H2,1-9H3/t15-,18+,19-/m1/s1. The van der Waals surface area contributed by atoms with Gasteiger partial charge in [0.15, 0.2) is 0 Å². The van der Waals surface area contributed by atoms with Crippen molar-refractivity contribution in [1.82, 2.24) is 0 Å². The fourth-order valence-electron chi connectivity index (χ4n) is 3.01. The second-order valence-electron chi connectivity index (χ2n) is 7.88. The quantitative estimate of drug-likeness (QED) is 0.489. The first-order valence-corrected chi connectivity index (χ1v) is 8.67. The molecule has 0 N–H and O–H groups in total. The molecular weight excluding hydrogens is 260 g/mol. The van der Waals surface area contributed by atoms with E-state index in [2.05, 4.69) is 55.4 Å². The van der Waals surface area contributed by atoms with Gasteiger partial charge in [-0.25, -0.2) is 0 Å². The minimum Gasteiger partial charge on any atom is -0.459 e. The van der Waals surface area contributed by atoms with Crippen molar-refractivity contribution in [2.75, 3.05) is 0 Å². The van der Waals surface area contributed by atoms with Crippen molar-refractivity contribution in [3.05, 3.63) is 0 Å². The number of esters is 1. The fourth-order valence-corrected chi connectivity index (χ4v) is 3.01. The predicted molar refractivity (Wildman–Crippen MR) is 91.3 cm³/mol. The Morgan fingerprint density at radius 1 is 1.00 bits per heavy atom. The number of hydrogen-bond donors (Lipinski definition) is 0. The molecule has 0 spiro atoms. The molecule has 0 aromatic rings. The largest absolute Gasteiger partial charge is 0.459 e. The summed E-state index contributed by atoms with van der Waals surface area (Å²) in [6, 6.07) is 0. The van der Waals surface area contributed by atoms with Crippen molar-refractivity contribution >= 4 is 5.97 Å². The molecule has 0 aromatic carbocycles.